The molecule has 0 aliphatic carbocycles. The third-order valence-electron chi connectivity index (χ3n) is 4.38. The van der Waals surface area contributed by atoms with Crippen LogP contribution in [0.1, 0.15) is 50.8 Å². The minimum absolute atomic E-state index is 0.00151. The van der Waals surface area contributed by atoms with Crippen LogP contribution in [0.5, 0.6) is 0 Å². The lowest BCUT2D eigenvalue weighted by Crippen LogP contribution is -2.39. The van der Waals surface area contributed by atoms with Gasteiger partial charge in [0, 0.05) is 19.6 Å². The second-order valence-electron chi connectivity index (χ2n) is 6.66. The lowest BCUT2D eigenvalue weighted by atomic mass is 10.1. The Labute approximate surface area is 146 Å². The summed E-state index contributed by atoms with van der Waals surface area (Å²) in [6.45, 7) is 10.2. The molecule has 0 heterocycles. The number of nitrogens with one attached hydrogen (secondary N) is 2. The lowest BCUT2D eigenvalue weighted by molar-refractivity contribution is 0.268. The first-order valence-electron chi connectivity index (χ1n) is 8.78. The second kappa shape index (κ2) is 10.3. The molecule has 0 bridgehead atoms. The van der Waals surface area contributed by atoms with Crippen molar-refractivity contribution in [1.82, 2.24) is 15.5 Å². The summed E-state index contributed by atoms with van der Waals surface area (Å²) in [6.07, 6.45) is 2.24. The SMILES string of the molecule is CN=C(NCCCCN(C)C(C)C)NC(C)c1ccc(C)c(F)c1. The van der Waals surface area contributed by atoms with Crippen LogP contribution in [0.25, 0.3) is 0 Å². The predicted octanol–water partition coefficient (Wildman–Crippen LogP) is 3.48. The Kier molecular flexibility index (Phi) is 8.76. The summed E-state index contributed by atoms with van der Waals surface area (Å²) < 4.78 is 13.7. The van der Waals surface area contributed by atoms with Crippen molar-refractivity contribution in [1.29, 1.82) is 0 Å². The molecule has 0 spiro atoms. The molecule has 1 aromatic carbocycles. The maximum atomic E-state index is 13.7. The number of unbranched alkanes of at least 4 members (excludes halogenated alkanes) is 1. The smallest absolute Gasteiger partial charge is 0.191 e. The van der Waals surface area contributed by atoms with Crippen LogP contribution in [-0.2, 0) is 0 Å². The van der Waals surface area contributed by atoms with Gasteiger partial charge in [0.05, 0.1) is 6.04 Å². The van der Waals surface area contributed by atoms with Crippen LogP contribution in [0.2, 0.25) is 0 Å². The van der Waals surface area contributed by atoms with Gasteiger partial charge in [-0.15, -0.1) is 0 Å². The van der Waals surface area contributed by atoms with Gasteiger partial charge in [-0.3, -0.25) is 4.99 Å². The minimum Gasteiger partial charge on any atom is -0.356 e. The summed E-state index contributed by atoms with van der Waals surface area (Å²) >= 11 is 0. The molecule has 5 heteroatoms. The monoisotopic (exact) mass is 336 g/mol. The molecule has 0 fully saturated rings. The molecule has 0 aromatic heterocycles. The topological polar surface area (TPSA) is 39.7 Å². The third-order valence-corrected chi connectivity index (χ3v) is 4.38. The lowest BCUT2D eigenvalue weighted by Gasteiger charge is -2.21. The van der Waals surface area contributed by atoms with Crippen LogP contribution in [0.4, 0.5) is 4.39 Å². The van der Waals surface area contributed by atoms with Crippen LogP contribution < -0.4 is 10.6 Å². The van der Waals surface area contributed by atoms with Gasteiger partial charge in [0.15, 0.2) is 5.96 Å². The molecule has 24 heavy (non-hydrogen) atoms. The van der Waals surface area contributed by atoms with Crippen molar-refractivity contribution in [2.75, 3.05) is 27.2 Å². The van der Waals surface area contributed by atoms with Crippen molar-refractivity contribution in [3.8, 4) is 0 Å². The molecule has 0 saturated carbocycles. The molecule has 1 unspecified atom stereocenters. The molecule has 0 aliphatic rings. The Hall–Kier alpha value is -1.62. The van der Waals surface area contributed by atoms with Crippen molar-refractivity contribution < 1.29 is 4.39 Å². The van der Waals surface area contributed by atoms with E-state index < -0.39 is 0 Å². The van der Waals surface area contributed by atoms with Crippen LogP contribution in [0.15, 0.2) is 23.2 Å². The van der Waals surface area contributed by atoms with E-state index in [9.17, 15) is 4.39 Å². The van der Waals surface area contributed by atoms with E-state index >= 15 is 0 Å². The first-order chi connectivity index (χ1) is 11.3. The molecule has 1 aromatic rings. The highest BCUT2D eigenvalue weighted by molar-refractivity contribution is 5.80. The van der Waals surface area contributed by atoms with Crippen molar-refractivity contribution >= 4 is 5.96 Å². The maximum Gasteiger partial charge on any atom is 0.191 e. The second-order valence-corrected chi connectivity index (χ2v) is 6.66. The summed E-state index contributed by atoms with van der Waals surface area (Å²) in [5.41, 5.74) is 1.58. The average Bonchev–Trinajstić information content (AvgIpc) is 2.55. The van der Waals surface area contributed by atoms with Crippen LogP contribution in [-0.4, -0.2) is 44.1 Å². The highest BCUT2D eigenvalue weighted by Crippen LogP contribution is 2.16. The zero-order valence-corrected chi connectivity index (χ0v) is 16.0. The van der Waals surface area contributed by atoms with Crippen LogP contribution in [0.3, 0.4) is 0 Å². The van der Waals surface area contributed by atoms with Gasteiger partial charge in [-0.2, -0.15) is 0 Å². The first kappa shape index (κ1) is 20.4. The number of aryl methyl sites for hydroxylation is 1. The minimum atomic E-state index is -0.168. The molecular formula is C19H33FN4. The summed E-state index contributed by atoms with van der Waals surface area (Å²) in [5, 5.41) is 6.63. The third kappa shape index (κ3) is 6.87. The molecule has 1 rings (SSSR count). The number of nitrogens with zero attached hydrogens (tertiary/aromatic N) is 2. The van der Waals surface area contributed by atoms with Crippen LogP contribution >= 0.6 is 0 Å². The van der Waals surface area contributed by atoms with Gasteiger partial charge in [-0.05, 0) is 71.3 Å². The molecule has 0 aliphatic heterocycles. The largest absolute Gasteiger partial charge is 0.356 e. The first-order valence-corrected chi connectivity index (χ1v) is 8.78. The number of guanidine groups is 1. The number of aliphatic imine (C=N–C) groups is 1. The molecule has 0 saturated heterocycles. The van der Waals surface area contributed by atoms with E-state index in [1.54, 1.807) is 20.0 Å². The quantitative estimate of drug-likeness (QED) is 0.434. The summed E-state index contributed by atoms with van der Waals surface area (Å²) in [7, 11) is 3.91. The van der Waals surface area contributed by atoms with Gasteiger partial charge >= 0.3 is 0 Å². The van der Waals surface area contributed by atoms with Gasteiger partial charge in [-0.25, -0.2) is 4.39 Å². The Bertz CT molecular complexity index is 528. The zero-order chi connectivity index (χ0) is 18.1. The summed E-state index contributed by atoms with van der Waals surface area (Å²) in [5.74, 6) is 0.582. The van der Waals surface area contributed by atoms with Crippen LogP contribution in [0, 0.1) is 12.7 Å². The molecule has 2 N–H and O–H groups in total. The maximum absolute atomic E-state index is 13.7. The number of halogens is 1. The number of benzene rings is 1. The average molecular weight is 336 g/mol. The normalized spacial score (nSPS) is 13.5. The van der Waals surface area contributed by atoms with Gasteiger partial charge < -0.3 is 15.5 Å². The highest BCUT2D eigenvalue weighted by Gasteiger charge is 2.09. The van der Waals surface area contributed by atoms with Gasteiger partial charge in [0.2, 0.25) is 0 Å². The van der Waals surface area contributed by atoms with Crippen molar-refractivity contribution in [2.24, 2.45) is 4.99 Å². The summed E-state index contributed by atoms with van der Waals surface area (Å²) in [6, 6.07) is 5.93. The Balaban J connectivity index is 2.38. The zero-order valence-electron chi connectivity index (χ0n) is 16.0. The Morgan fingerprint density at radius 3 is 2.54 bits per heavy atom. The molecule has 0 amide bonds. The van der Waals surface area contributed by atoms with E-state index in [2.05, 4.69) is 41.4 Å². The number of rotatable bonds is 8. The van der Waals surface area contributed by atoms with Crippen molar-refractivity contribution in [3.63, 3.8) is 0 Å². The fourth-order valence-corrected chi connectivity index (χ4v) is 2.31. The predicted molar refractivity (Wildman–Crippen MR) is 101 cm³/mol. The van der Waals surface area contributed by atoms with Crippen molar-refractivity contribution in [3.05, 3.63) is 35.1 Å². The summed E-state index contributed by atoms with van der Waals surface area (Å²) in [4.78, 5) is 6.59. The van der Waals surface area contributed by atoms with E-state index in [4.69, 9.17) is 0 Å². The number of hydrogen-bond acceptors (Lipinski definition) is 2. The fourth-order valence-electron chi connectivity index (χ4n) is 2.31. The molecular weight excluding hydrogens is 303 g/mol. The van der Waals surface area contributed by atoms with Gasteiger partial charge in [0.1, 0.15) is 5.82 Å². The van der Waals surface area contributed by atoms with E-state index in [0.29, 0.717) is 11.6 Å². The molecule has 4 nitrogen and oxygen atoms in total. The molecule has 1 atom stereocenters. The highest BCUT2D eigenvalue weighted by atomic mass is 19.1. The van der Waals surface area contributed by atoms with E-state index in [-0.39, 0.29) is 11.9 Å². The fraction of sp³-hybridized carbons (Fsp3) is 0.632. The van der Waals surface area contributed by atoms with Crippen molar-refractivity contribution in [2.45, 2.75) is 52.6 Å². The standard InChI is InChI=1S/C19H33FN4/c1-14(2)24(6)12-8-7-11-22-19(21-5)23-16(4)17-10-9-15(3)18(20)13-17/h9-10,13-14,16H,7-8,11-12H2,1-6H3,(H2,21,22,23). The molecule has 0 radical (unpaired) electrons. The Morgan fingerprint density at radius 2 is 1.96 bits per heavy atom. The van der Waals surface area contributed by atoms with E-state index in [0.717, 1.165) is 37.5 Å². The van der Waals surface area contributed by atoms with Gasteiger partial charge in [0.25, 0.3) is 0 Å². The van der Waals surface area contributed by atoms with E-state index in [1.165, 1.54) is 0 Å². The molecule has 136 valence electrons. The Morgan fingerprint density at radius 1 is 1.25 bits per heavy atom. The van der Waals surface area contributed by atoms with E-state index in [1.807, 2.05) is 19.1 Å². The van der Waals surface area contributed by atoms with Gasteiger partial charge in [-0.1, -0.05) is 12.1 Å². The number of hydrogen-bond donors (Lipinski definition) is 2.